The van der Waals surface area contributed by atoms with E-state index in [9.17, 15) is 4.79 Å². The molecule has 0 aliphatic heterocycles. The van der Waals surface area contributed by atoms with Crippen molar-refractivity contribution in [2.75, 3.05) is 7.11 Å². The molecule has 2 rings (SSSR count). The number of aliphatic hydroxyl groups excluding tert-OH is 1. The van der Waals surface area contributed by atoms with E-state index in [1.807, 2.05) is 0 Å². The second-order valence-corrected chi connectivity index (χ2v) is 3.11. The minimum atomic E-state index is -0.472. The first-order valence-corrected chi connectivity index (χ1v) is 4.46. The van der Waals surface area contributed by atoms with Gasteiger partial charge in [-0.2, -0.15) is 0 Å². The summed E-state index contributed by atoms with van der Waals surface area (Å²) in [6.45, 7) is -0.186. The molecule has 1 aromatic carbocycles. The van der Waals surface area contributed by atoms with Crippen molar-refractivity contribution in [2.45, 2.75) is 6.61 Å². The zero-order valence-corrected chi connectivity index (χ0v) is 8.19. The van der Waals surface area contributed by atoms with E-state index in [-0.39, 0.29) is 6.61 Å². The fraction of sp³-hybridized carbons (Fsp3) is 0.182. The number of fused-ring (bicyclic) bond motifs is 1. The normalized spacial score (nSPS) is 10.5. The first kappa shape index (κ1) is 9.73. The molecule has 0 aliphatic rings. The number of hydrogen-bond acceptors (Lipinski definition) is 4. The Bertz CT molecular complexity index is 542. The largest absolute Gasteiger partial charge is 0.497 e. The zero-order chi connectivity index (χ0) is 10.8. The zero-order valence-electron chi connectivity index (χ0n) is 8.19. The fourth-order valence-electron chi connectivity index (χ4n) is 1.47. The molecule has 15 heavy (non-hydrogen) atoms. The number of methoxy groups -OCH3 is 1. The summed E-state index contributed by atoms with van der Waals surface area (Å²) in [5.41, 5.74) is 0.509. The van der Waals surface area contributed by atoms with Gasteiger partial charge < -0.3 is 14.3 Å². The third-order valence-electron chi connectivity index (χ3n) is 2.21. The summed E-state index contributed by atoms with van der Waals surface area (Å²) >= 11 is 0. The van der Waals surface area contributed by atoms with E-state index in [4.69, 9.17) is 14.3 Å². The van der Waals surface area contributed by atoms with Gasteiger partial charge in [-0.1, -0.05) is 0 Å². The molecule has 0 saturated heterocycles. The molecular formula is C11H10O4. The lowest BCUT2D eigenvalue weighted by Crippen LogP contribution is -2.00. The van der Waals surface area contributed by atoms with E-state index < -0.39 is 5.63 Å². The highest BCUT2D eigenvalue weighted by Gasteiger charge is 2.05. The number of aliphatic hydroxyl groups is 1. The van der Waals surface area contributed by atoms with Gasteiger partial charge in [0.25, 0.3) is 0 Å². The van der Waals surface area contributed by atoms with E-state index in [2.05, 4.69) is 0 Å². The molecule has 1 aromatic heterocycles. The summed E-state index contributed by atoms with van der Waals surface area (Å²) in [5.74, 6) is 0.612. The van der Waals surface area contributed by atoms with Gasteiger partial charge in [0.15, 0.2) is 0 Å². The van der Waals surface area contributed by atoms with Crippen molar-refractivity contribution in [3.8, 4) is 5.75 Å². The molecule has 0 spiro atoms. The molecule has 0 saturated carbocycles. The maximum Gasteiger partial charge on any atom is 0.336 e. The van der Waals surface area contributed by atoms with Crippen LogP contribution < -0.4 is 10.4 Å². The lowest BCUT2D eigenvalue weighted by atomic mass is 10.1. The van der Waals surface area contributed by atoms with Crippen LogP contribution in [-0.2, 0) is 6.61 Å². The number of ether oxygens (including phenoxy) is 1. The SMILES string of the molecule is COc1ccc2c(CO)cc(=O)oc2c1. The smallest absolute Gasteiger partial charge is 0.336 e. The molecule has 1 N–H and O–H groups in total. The summed E-state index contributed by atoms with van der Waals surface area (Å²) < 4.78 is 10.0. The molecule has 0 amide bonds. The Kier molecular flexibility index (Phi) is 2.43. The standard InChI is InChI=1S/C11H10O4/c1-14-8-2-3-9-7(6-12)4-11(13)15-10(9)5-8/h2-5,12H,6H2,1H3. The van der Waals surface area contributed by atoms with Crippen molar-refractivity contribution < 1.29 is 14.3 Å². The van der Waals surface area contributed by atoms with Crippen LogP contribution >= 0.6 is 0 Å². The maximum absolute atomic E-state index is 11.1. The van der Waals surface area contributed by atoms with Gasteiger partial charge in [-0.15, -0.1) is 0 Å². The number of benzene rings is 1. The molecule has 78 valence electrons. The molecule has 4 nitrogen and oxygen atoms in total. The van der Waals surface area contributed by atoms with Crippen molar-refractivity contribution in [2.24, 2.45) is 0 Å². The van der Waals surface area contributed by atoms with Crippen molar-refractivity contribution in [3.63, 3.8) is 0 Å². The number of hydrogen-bond donors (Lipinski definition) is 1. The van der Waals surface area contributed by atoms with Crippen LogP contribution in [0.25, 0.3) is 11.0 Å². The van der Waals surface area contributed by atoms with Gasteiger partial charge in [0.2, 0.25) is 0 Å². The van der Waals surface area contributed by atoms with Crippen LogP contribution in [0.1, 0.15) is 5.56 Å². The second kappa shape index (κ2) is 3.74. The molecule has 0 unspecified atom stereocenters. The van der Waals surface area contributed by atoms with Crippen molar-refractivity contribution in [3.05, 3.63) is 40.2 Å². The highest BCUT2D eigenvalue weighted by molar-refractivity contribution is 5.81. The van der Waals surface area contributed by atoms with Gasteiger partial charge in [0.1, 0.15) is 11.3 Å². The van der Waals surface area contributed by atoms with Crippen molar-refractivity contribution in [1.29, 1.82) is 0 Å². The molecule has 4 heteroatoms. The summed E-state index contributed by atoms with van der Waals surface area (Å²) in [6.07, 6.45) is 0. The maximum atomic E-state index is 11.1. The molecule has 2 aromatic rings. The predicted octanol–water partition coefficient (Wildman–Crippen LogP) is 1.29. The van der Waals surface area contributed by atoms with Crippen LogP contribution in [0.3, 0.4) is 0 Å². The Morgan fingerprint density at radius 3 is 2.87 bits per heavy atom. The minimum absolute atomic E-state index is 0.186. The van der Waals surface area contributed by atoms with Gasteiger partial charge in [-0.25, -0.2) is 4.79 Å². The average Bonchev–Trinajstić information content (AvgIpc) is 2.26. The van der Waals surface area contributed by atoms with Crippen LogP contribution in [0.5, 0.6) is 5.75 Å². The van der Waals surface area contributed by atoms with E-state index in [1.165, 1.54) is 13.2 Å². The van der Waals surface area contributed by atoms with Crippen LogP contribution in [0.4, 0.5) is 0 Å². The topological polar surface area (TPSA) is 59.7 Å². The molecule has 0 aliphatic carbocycles. The van der Waals surface area contributed by atoms with Gasteiger partial charge in [0.05, 0.1) is 13.7 Å². The predicted molar refractivity (Wildman–Crippen MR) is 55.0 cm³/mol. The minimum Gasteiger partial charge on any atom is -0.497 e. The lowest BCUT2D eigenvalue weighted by molar-refractivity contribution is 0.282. The average molecular weight is 206 g/mol. The van der Waals surface area contributed by atoms with E-state index in [0.29, 0.717) is 16.9 Å². The van der Waals surface area contributed by atoms with Gasteiger partial charge in [-0.05, 0) is 17.7 Å². The Labute approximate surface area is 85.7 Å². The molecule has 0 fully saturated rings. The summed E-state index contributed by atoms with van der Waals surface area (Å²) in [7, 11) is 1.54. The molecule has 1 heterocycles. The Morgan fingerprint density at radius 1 is 1.40 bits per heavy atom. The van der Waals surface area contributed by atoms with E-state index >= 15 is 0 Å². The summed E-state index contributed by atoms with van der Waals surface area (Å²) in [4.78, 5) is 11.1. The molecule has 0 radical (unpaired) electrons. The third-order valence-corrected chi connectivity index (χ3v) is 2.21. The Hall–Kier alpha value is -1.81. The highest BCUT2D eigenvalue weighted by atomic mass is 16.5. The van der Waals surface area contributed by atoms with Gasteiger partial charge >= 0.3 is 5.63 Å². The van der Waals surface area contributed by atoms with Crippen LogP contribution in [-0.4, -0.2) is 12.2 Å². The monoisotopic (exact) mass is 206 g/mol. The first-order chi connectivity index (χ1) is 7.24. The summed E-state index contributed by atoms with van der Waals surface area (Å²) in [5, 5.41) is 9.80. The number of rotatable bonds is 2. The fourth-order valence-corrected chi connectivity index (χ4v) is 1.47. The first-order valence-electron chi connectivity index (χ1n) is 4.46. The second-order valence-electron chi connectivity index (χ2n) is 3.11. The molecule has 0 bridgehead atoms. The Balaban J connectivity index is 2.78. The lowest BCUT2D eigenvalue weighted by Gasteiger charge is -2.04. The van der Waals surface area contributed by atoms with Gasteiger partial charge in [-0.3, -0.25) is 0 Å². The van der Waals surface area contributed by atoms with Crippen molar-refractivity contribution >= 4 is 11.0 Å². The van der Waals surface area contributed by atoms with Crippen LogP contribution in [0, 0.1) is 0 Å². The molecule has 0 atom stereocenters. The van der Waals surface area contributed by atoms with Gasteiger partial charge in [0, 0.05) is 17.5 Å². The van der Waals surface area contributed by atoms with Crippen molar-refractivity contribution in [1.82, 2.24) is 0 Å². The van der Waals surface area contributed by atoms with Crippen LogP contribution in [0.15, 0.2) is 33.5 Å². The van der Waals surface area contributed by atoms with E-state index in [1.54, 1.807) is 18.2 Å². The highest BCUT2D eigenvalue weighted by Crippen LogP contribution is 2.22. The van der Waals surface area contributed by atoms with E-state index in [0.717, 1.165) is 5.39 Å². The molecular weight excluding hydrogens is 196 g/mol. The third kappa shape index (κ3) is 1.71. The summed E-state index contributed by atoms with van der Waals surface area (Å²) in [6, 6.07) is 6.41. The quantitative estimate of drug-likeness (QED) is 0.752. The Morgan fingerprint density at radius 2 is 2.20 bits per heavy atom. The van der Waals surface area contributed by atoms with Crippen LogP contribution in [0.2, 0.25) is 0 Å².